The van der Waals surface area contributed by atoms with Gasteiger partial charge in [0.25, 0.3) is 0 Å². The lowest BCUT2D eigenvalue weighted by Gasteiger charge is -2.26. The van der Waals surface area contributed by atoms with E-state index in [1.165, 1.54) is 19.3 Å². The highest BCUT2D eigenvalue weighted by molar-refractivity contribution is 9.10. The minimum Gasteiger partial charge on any atom is -0.326 e. The Morgan fingerprint density at radius 1 is 1.08 bits per heavy atom. The molecule has 1 aromatic carbocycles. The van der Waals surface area contributed by atoms with Gasteiger partial charge in [-0.2, -0.15) is 5.10 Å². The zero-order valence-electron chi connectivity index (χ0n) is 20.6. The molecule has 3 aromatic heterocycles. The average Bonchev–Trinajstić information content (AvgIpc) is 3.39. The predicted octanol–water partition coefficient (Wildman–Crippen LogP) is 3.18. The summed E-state index contributed by atoms with van der Waals surface area (Å²) in [5, 5.41) is 7.92. The number of ketones is 1. The lowest BCUT2D eigenvalue weighted by Crippen LogP contribution is -2.46. The molecule has 11 nitrogen and oxygen atoms in total. The van der Waals surface area contributed by atoms with Crippen LogP contribution in [0.1, 0.15) is 36.1 Å². The standard InChI is InChI=1S/C26H23BrN8O3/c1-13(36)25-18-5-15(17-8-29-14(2)30-9-17)3-4-19(18)34(33-25)12-24(37)35-20-6-16(20)7-21(35)26(38)32-23-11-28-10-22(27)31-23/h3-5,8-11,16,20-21H,6-7,12H2,1-2H3,(H,31,32,38)/t16-,20-,21+/m1/s1. The monoisotopic (exact) mass is 574 g/mol. The number of aromatic nitrogens is 6. The van der Waals surface area contributed by atoms with Gasteiger partial charge in [-0.1, -0.05) is 6.07 Å². The highest BCUT2D eigenvalue weighted by Crippen LogP contribution is 2.48. The zero-order chi connectivity index (χ0) is 26.6. The lowest BCUT2D eigenvalue weighted by atomic mass is 10.0. The van der Waals surface area contributed by atoms with Crippen molar-refractivity contribution in [1.29, 1.82) is 0 Å². The van der Waals surface area contributed by atoms with Gasteiger partial charge >= 0.3 is 0 Å². The summed E-state index contributed by atoms with van der Waals surface area (Å²) in [4.78, 5) is 57.5. The molecule has 12 heteroatoms. The molecule has 0 spiro atoms. The maximum Gasteiger partial charge on any atom is 0.248 e. The third-order valence-corrected chi connectivity index (χ3v) is 7.42. The summed E-state index contributed by atoms with van der Waals surface area (Å²) < 4.78 is 2.05. The number of rotatable bonds is 6. The number of nitrogens with one attached hydrogen (secondary N) is 1. The second-order valence-electron chi connectivity index (χ2n) is 9.65. The predicted molar refractivity (Wildman–Crippen MR) is 141 cm³/mol. The van der Waals surface area contributed by atoms with Crippen molar-refractivity contribution in [2.45, 2.75) is 45.3 Å². The number of amides is 2. The van der Waals surface area contributed by atoms with Gasteiger partial charge < -0.3 is 10.2 Å². The van der Waals surface area contributed by atoms with Crippen LogP contribution in [0.2, 0.25) is 0 Å². The average molecular weight is 575 g/mol. The van der Waals surface area contributed by atoms with E-state index in [2.05, 4.69) is 46.3 Å². The molecule has 1 aliphatic carbocycles. The van der Waals surface area contributed by atoms with Gasteiger partial charge in [-0.25, -0.2) is 15.0 Å². The van der Waals surface area contributed by atoms with Crippen molar-refractivity contribution < 1.29 is 14.4 Å². The van der Waals surface area contributed by atoms with Gasteiger partial charge in [0.15, 0.2) is 11.6 Å². The van der Waals surface area contributed by atoms with Gasteiger partial charge in [0.05, 0.1) is 17.9 Å². The van der Waals surface area contributed by atoms with Crippen LogP contribution in [0.4, 0.5) is 5.82 Å². The van der Waals surface area contributed by atoms with E-state index < -0.39 is 6.04 Å². The summed E-state index contributed by atoms with van der Waals surface area (Å²) in [6.07, 6.45) is 7.93. The summed E-state index contributed by atoms with van der Waals surface area (Å²) in [6.45, 7) is 3.19. The third-order valence-electron chi connectivity index (χ3n) is 7.03. The fourth-order valence-corrected chi connectivity index (χ4v) is 5.46. The first-order valence-corrected chi connectivity index (χ1v) is 13.0. The van der Waals surface area contributed by atoms with E-state index in [0.29, 0.717) is 39.5 Å². The van der Waals surface area contributed by atoms with Crippen molar-refractivity contribution in [3.63, 3.8) is 0 Å². The van der Waals surface area contributed by atoms with Crippen LogP contribution in [0.15, 0.2) is 47.6 Å². The summed E-state index contributed by atoms with van der Waals surface area (Å²) in [7, 11) is 0. The highest BCUT2D eigenvalue weighted by Gasteiger charge is 2.56. The molecule has 3 atom stereocenters. The Balaban J connectivity index is 1.27. The number of hydrogen-bond donors (Lipinski definition) is 1. The van der Waals surface area contributed by atoms with E-state index in [1.54, 1.807) is 22.0 Å². The summed E-state index contributed by atoms with van der Waals surface area (Å²) in [5.74, 6) is 0.584. The van der Waals surface area contributed by atoms with Crippen LogP contribution in [-0.2, 0) is 16.1 Å². The Kier molecular flexibility index (Phi) is 5.98. The number of Topliss-reactive ketones (excluding diaryl/α,β-unsaturated/α-hetero) is 1. The van der Waals surface area contributed by atoms with Crippen LogP contribution in [0.25, 0.3) is 22.0 Å². The maximum absolute atomic E-state index is 13.6. The first-order valence-electron chi connectivity index (χ1n) is 12.2. The minimum absolute atomic E-state index is 0.0362. The Hall–Kier alpha value is -4.06. The number of nitrogens with zero attached hydrogens (tertiary/aromatic N) is 7. The summed E-state index contributed by atoms with van der Waals surface area (Å²) >= 11 is 3.25. The van der Waals surface area contributed by atoms with E-state index >= 15 is 0 Å². The molecule has 192 valence electrons. The number of anilines is 1. The second kappa shape index (κ2) is 9.35. The minimum atomic E-state index is -0.603. The molecule has 4 aromatic rings. The Morgan fingerprint density at radius 2 is 1.87 bits per heavy atom. The van der Waals surface area contributed by atoms with Crippen molar-refractivity contribution >= 4 is 50.2 Å². The molecule has 0 unspecified atom stereocenters. The molecule has 2 amide bonds. The van der Waals surface area contributed by atoms with Gasteiger partial charge in [0.2, 0.25) is 11.8 Å². The Bertz CT molecular complexity index is 1600. The summed E-state index contributed by atoms with van der Waals surface area (Å²) in [5.41, 5.74) is 2.61. The molecular formula is C26H23BrN8O3. The molecule has 0 radical (unpaired) electrons. The zero-order valence-corrected chi connectivity index (χ0v) is 22.2. The van der Waals surface area contributed by atoms with Gasteiger partial charge in [0, 0.05) is 36.3 Å². The van der Waals surface area contributed by atoms with Crippen LogP contribution in [0.3, 0.4) is 0 Å². The molecule has 2 aliphatic rings. The first kappa shape index (κ1) is 24.3. The van der Waals surface area contributed by atoms with Crippen molar-refractivity contribution in [1.82, 2.24) is 34.6 Å². The number of carbonyl (C=O) groups excluding carboxylic acids is 3. The molecule has 1 N–H and O–H groups in total. The van der Waals surface area contributed by atoms with Gasteiger partial charge in [0.1, 0.15) is 28.7 Å². The molecule has 1 aliphatic heterocycles. The maximum atomic E-state index is 13.6. The first-order chi connectivity index (χ1) is 18.3. The molecule has 2 fully saturated rings. The number of halogens is 1. The fraction of sp³-hybridized carbons (Fsp3) is 0.308. The molecule has 6 rings (SSSR count). The number of fused-ring (bicyclic) bond motifs is 2. The smallest absolute Gasteiger partial charge is 0.248 e. The van der Waals surface area contributed by atoms with Crippen LogP contribution < -0.4 is 5.32 Å². The normalized spacial score (nSPS) is 19.9. The van der Waals surface area contributed by atoms with E-state index in [1.807, 2.05) is 25.1 Å². The Labute approximate surface area is 225 Å². The molecule has 1 saturated carbocycles. The quantitative estimate of drug-likeness (QED) is 0.347. The SMILES string of the molecule is CC(=O)c1nn(CC(=O)N2[C@@H]3C[C@@H]3C[C@H]2C(=O)Nc2cncc(Br)n2)c2ccc(-c3cnc(C)nc3)cc12. The molecule has 38 heavy (non-hydrogen) atoms. The molecule has 4 heterocycles. The van der Waals surface area contributed by atoms with Gasteiger partial charge in [-0.15, -0.1) is 0 Å². The fourth-order valence-electron chi connectivity index (χ4n) is 5.15. The van der Waals surface area contributed by atoms with E-state index in [0.717, 1.165) is 17.5 Å². The highest BCUT2D eigenvalue weighted by atomic mass is 79.9. The second-order valence-corrected chi connectivity index (χ2v) is 10.5. The molecule has 1 saturated heterocycles. The van der Waals surface area contributed by atoms with Crippen molar-refractivity contribution in [3.8, 4) is 11.1 Å². The van der Waals surface area contributed by atoms with Crippen molar-refractivity contribution in [2.75, 3.05) is 5.32 Å². The van der Waals surface area contributed by atoms with Crippen molar-refractivity contribution in [3.05, 3.63) is 59.1 Å². The summed E-state index contributed by atoms with van der Waals surface area (Å²) in [6, 6.07) is 5.04. The number of aryl methyl sites for hydroxylation is 1. The van der Waals surface area contributed by atoms with E-state index in [4.69, 9.17) is 0 Å². The lowest BCUT2D eigenvalue weighted by molar-refractivity contribution is -0.138. The molecule has 0 bridgehead atoms. The van der Waals surface area contributed by atoms with Crippen LogP contribution in [0.5, 0.6) is 0 Å². The number of benzene rings is 1. The Morgan fingerprint density at radius 3 is 2.61 bits per heavy atom. The van der Waals surface area contributed by atoms with E-state index in [-0.39, 0.29) is 35.9 Å². The number of piperidine rings is 1. The van der Waals surface area contributed by atoms with E-state index in [9.17, 15) is 14.4 Å². The number of carbonyl (C=O) groups is 3. The largest absolute Gasteiger partial charge is 0.326 e. The van der Waals surface area contributed by atoms with Crippen LogP contribution in [-0.4, -0.2) is 64.3 Å². The van der Waals surface area contributed by atoms with Gasteiger partial charge in [-0.3, -0.25) is 24.0 Å². The number of likely N-dealkylation sites (tertiary alicyclic amines) is 1. The van der Waals surface area contributed by atoms with Crippen LogP contribution >= 0.6 is 15.9 Å². The third kappa shape index (κ3) is 4.44. The van der Waals surface area contributed by atoms with Gasteiger partial charge in [-0.05, 0) is 59.3 Å². The number of hydrogen-bond acceptors (Lipinski definition) is 8. The molecular weight excluding hydrogens is 552 g/mol. The van der Waals surface area contributed by atoms with Crippen LogP contribution in [0, 0.1) is 12.8 Å². The van der Waals surface area contributed by atoms with Crippen molar-refractivity contribution in [2.24, 2.45) is 5.92 Å². The topological polar surface area (TPSA) is 136 Å².